The predicted octanol–water partition coefficient (Wildman–Crippen LogP) is 1.92. The number of benzene rings is 1. The molecule has 0 bridgehead atoms. The van der Waals surface area contributed by atoms with Gasteiger partial charge in [0.25, 0.3) is 11.5 Å². The van der Waals surface area contributed by atoms with Gasteiger partial charge in [-0.25, -0.2) is 4.98 Å². The van der Waals surface area contributed by atoms with E-state index in [0.717, 1.165) is 35.0 Å². The van der Waals surface area contributed by atoms with Crippen molar-refractivity contribution < 1.29 is 19.1 Å². The first-order valence-corrected chi connectivity index (χ1v) is 12.9. The molecule has 0 radical (unpaired) electrons. The fourth-order valence-electron chi connectivity index (χ4n) is 5.07. The Morgan fingerprint density at radius 2 is 1.86 bits per heavy atom. The molecule has 0 saturated carbocycles. The Hall–Kier alpha value is -3.40. The molecule has 1 N–H and O–H groups in total. The Morgan fingerprint density at radius 3 is 2.69 bits per heavy atom. The zero-order valence-corrected chi connectivity index (χ0v) is 20.1. The number of aryl methyl sites for hydroxylation is 3. The summed E-state index contributed by atoms with van der Waals surface area (Å²) >= 11 is 1.60. The number of ether oxygens (including phenoxy) is 2. The van der Waals surface area contributed by atoms with Gasteiger partial charge in [-0.1, -0.05) is 12.1 Å². The third kappa shape index (κ3) is 4.16. The topological polar surface area (TPSA) is 105 Å². The summed E-state index contributed by atoms with van der Waals surface area (Å²) in [4.78, 5) is 51.4. The van der Waals surface area contributed by atoms with Gasteiger partial charge in [-0.15, -0.1) is 11.3 Å². The number of nitrogens with zero attached hydrogens (tertiary/aromatic N) is 3. The van der Waals surface area contributed by atoms with Gasteiger partial charge in [0.05, 0.1) is 5.39 Å². The van der Waals surface area contributed by atoms with E-state index in [1.165, 1.54) is 4.88 Å². The van der Waals surface area contributed by atoms with Crippen LogP contribution in [0.5, 0.6) is 11.5 Å². The van der Waals surface area contributed by atoms with E-state index < -0.39 is 6.10 Å². The summed E-state index contributed by atoms with van der Waals surface area (Å²) in [6.07, 6.45) is 3.04. The molecule has 1 aliphatic carbocycles. The first kappa shape index (κ1) is 22.1. The van der Waals surface area contributed by atoms with Crippen molar-refractivity contribution in [2.75, 3.05) is 32.8 Å². The number of aromatic nitrogens is 2. The van der Waals surface area contributed by atoms with E-state index in [4.69, 9.17) is 9.47 Å². The van der Waals surface area contributed by atoms with Gasteiger partial charge in [0, 0.05) is 43.9 Å². The maximum absolute atomic E-state index is 12.9. The molecule has 1 fully saturated rings. The first-order chi connectivity index (χ1) is 17.1. The van der Waals surface area contributed by atoms with Crippen molar-refractivity contribution in [3.05, 3.63) is 50.9 Å². The maximum atomic E-state index is 12.9. The second kappa shape index (κ2) is 8.99. The smallest absolute Gasteiger partial charge is 0.267 e. The molecule has 1 atom stereocenters. The number of hydrogen-bond donors (Lipinski definition) is 1. The molecule has 9 nitrogen and oxygen atoms in total. The average molecular weight is 495 g/mol. The van der Waals surface area contributed by atoms with E-state index in [1.54, 1.807) is 27.2 Å². The normalized spacial score (nSPS) is 19.1. The lowest BCUT2D eigenvalue weighted by Gasteiger charge is -2.37. The van der Waals surface area contributed by atoms with Crippen LogP contribution < -0.4 is 15.0 Å². The standard InChI is InChI=1S/C25H26N4O5S/c30-21(9-8-20-26-23(31)22-15-4-3-7-19(15)35-24(22)27-20)28-10-12-29(13-11-28)25(32)18-14-33-16-5-1-2-6-17(16)34-18/h1-2,5-6,18H,3-4,7-14H2,(H,26,27,31). The maximum Gasteiger partial charge on any atom is 0.267 e. The molecule has 2 aromatic heterocycles. The number of hydrogen-bond acceptors (Lipinski definition) is 7. The number of rotatable bonds is 4. The molecule has 1 aromatic carbocycles. The summed E-state index contributed by atoms with van der Waals surface area (Å²) in [5, 5.41) is 0.731. The molecular weight excluding hydrogens is 468 g/mol. The highest BCUT2D eigenvalue weighted by Crippen LogP contribution is 2.34. The molecule has 2 amide bonds. The number of amides is 2. The van der Waals surface area contributed by atoms with Crippen molar-refractivity contribution in [3.63, 3.8) is 0 Å². The second-order valence-electron chi connectivity index (χ2n) is 9.12. The molecule has 6 rings (SSSR count). The van der Waals surface area contributed by atoms with Crippen LogP contribution in [-0.2, 0) is 28.9 Å². The lowest BCUT2D eigenvalue weighted by atomic mass is 10.2. The summed E-state index contributed by atoms with van der Waals surface area (Å²) in [6, 6.07) is 7.31. The van der Waals surface area contributed by atoms with Crippen LogP contribution in [0.4, 0.5) is 0 Å². The van der Waals surface area contributed by atoms with Crippen molar-refractivity contribution in [1.82, 2.24) is 19.8 Å². The van der Waals surface area contributed by atoms with Crippen LogP contribution in [0, 0.1) is 0 Å². The van der Waals surface area contributed by atoms with Crippen molar-refractivity contribution in [3.8, 4) is 11.5 Å². The van der Waals surface area contributed by atoms with Gasteiger partial charge in [0.15, 0.2) is 11.5 Å². The van der Waals surface area contributed by atoms with Crippen LogP contribution in [0.25, 0.3) is 10.2 Å². The Bertz CT molecular complexity index is 1360. The minimum absolute atomic E-state index is 0.000281. The SMILES string of the molecule is O=C(CCc1nc2sc3c(c2c(=O)[nH]1)CCC3)N1CCN(C(=O)C2COc3ccccc3O2)CC1. The lowest BCUT2D eigenvalue weighted by Crippen LogP contribution is -2.55. The molecule has 0 spiro atoms. The summed E-state index contributed by atoms with van der Waals surface area (Å²) < 4.78 is 11.5. The number of piperazine rings is 1. The quantitative estimate of drug-likeness (QED) is 0.594. The Balaban J connectivity index is 1.03. The van der Waals surface area contributed by atoms with Crippen LogP contribution in [-0.4, -0.2) is 70.5 Å². The number of H-pyrrole nitrogens is 1. The highest BCUT2D eigenvalue weighted by molar-refractivity contribution is 7.18. The number of aromatic amines is 1. The van der Waals surface area contributed by atoms with E-state index in [-0.39, 0.29) is 30.4 Å². The molecule has 4 heterocycles. The van der Waals surface area contributed by atoms with E-state index in [9.17, 15) is 14.4 Å². The molecule has 35 heavy (non-hydrogen) atoms. The Labute approximate surface area is 205 Å². The molecule has 3 aliphatic rings. The van der Waals surface area contributed by atoms with Gasteiger partial charge in [-0.05, 0) is 37.0 Å². The molecule has 182 valence electrons. The van der Waals surface area contributed by atoms with Crippen molar-refractivity contribution in [1.29, 1.82) is 0 Å². The number of nitrogens with one attached hydrogen (secondary N) is 1. The third-order valence-electron chi connectivity index (χ3n) is 6.93. The molecular formula is C25H26N4O5S. The predicted molar refractivity (Wildman–Crippen MR) is 130 cm³/mol. The zero-order chi connectivity index (χ0) is 23.9. The van der Waals surface area contributed by atoms with Gasteiger partial charge in [0.2, 0.25) is 12.0 Å². The first-order valence-electron chi connectivity index (χ1n) is 12.1. The van der Waals surface area contributed by atoms with Crippen LogP contribution >= 0.6 is 11.3 Å². The average Bonchev–Trinajstić information content (AvgIpc) is 3.48. The van der Waals surface area contributed by atoms with Gasteiger partial charge in [-0.3, -0.25) is 14.4 Å². The lowest BCUT2D eigenvalue weighted by molar-refractivity contribution is -0.146. The minimum Gasteiger partial charge on any atom is -0.485 e. The monoisotopic (exact) mass is 494 g/mol. The minimum atomic E-state index is -0.677. The van der Waals surface area contributed by atoms with Gasteiger partial charge >= 0.3 is 0 Å². The van der Waals surface area contributed by atoms with E-state index in [2.05, 4.69) is 9.97 Å². The summed E-state index contributed by atoms with van der Waals surface area (Å²) in [6.45, 7) is 2.02. The van der Waals surface area contributed by atoms with Gasteiger partial charge < -0.3 is 24.3 Å². The molecule has 2 aliphatic heterocycles. The second-order valence-corrected chi connectivity index (χ2v) is 10.2. The van der Waals surface area contributed by atoms with Crippen molar-refractivity contribution >= 4 is 33.4 Å². The van der Waals surface area contributed by atoms with Crippen molar-refractivity contribution in [2.24, 2.45) is 0 Å². The highest BCUT2D eigenvalue weighted by atomic mass is 32.1. The fraction of sp³-hybridized carbons (Fsp3) is 0.440. The van der Waals surface area contributed by atoms with E-state index in [0.29, 0.717) is 49.9 Å². The van der Waals surface area contributed by atoms with Gasteiger partial charge in [0.1, 0.15) is 17.3 Å². The Kier molecular flexibility index (Phi) is 5.68. The molecule has 1 unspecified atom stereocenters. The molecule has 1 saturated heterocycles. The van der Waals surface area contributed by atoms with Crippen LogP contribution in [0.15, 0.2) is 29.1 Å². The molecule has 3 aromatic rings. The number of para-hydroxylation sites is 2. The third-order valence-corrected chi connectivity index (χ3v) is 8.11. The number of carbonyl (C=O) groups is 2. The number of carbonyl (C=O) groups excluding carboxylic acids is 2. The summed E-state index contributed by atoms with van der Waals surface area (Å²) in [7, 11) is 0. The number of thiophene rings is 1. The van der Waals surface area contributed by atoms with Crippen LogP contribution in [0.1, 0.15) is 29.1 Å². The van der Waals surface area contributed by atoms with Crippen LogP contribution in [0.3, 0.4) is 0 Å². The zero-order valence-electron chi connectivity index (χ0n) is 19.2. The largest absolute Gasteiger partial charge is 0.485 e. The van der Waals surface area contributed by atoms with E-state index >= 15 is 0 Å². The van der Waals surface area contributed by atoms with Gasteiger partial charge in [-0.2, -0.15) is 0 Å². The fourth-order valence-corrected chi connectivity index (χ4v) is 6.35. The highest BCUT2D eigenvalue weighted by Gasteiger charge is 2.33. The Morgan fingerprint density at radius 1 is 1.09 bits per heavy atom. The molecule has 10 heteroatoms. The summed E-state index contributed by atoms with van der Waals surface area (Å²) in [5.41, 5.74) is 1.06. The summed E-state index contributed by atoms with van der Waals surface area (Å²) in [5.74, 6) is 1.65. The van der Waals surface area contributed by atoms with Crippen LogP contribution in [0.2, 0.25) is 0 Å². The number of fused-ring (bicyclic) bond motifs is 4. The van der Waals surface area contributed by atoms with Crippen molar-refractivity contribution in [2.45, 2.75) is 38.2 Å². The van der Waals surface area contributed by atoms with E-state index in [1.807, 2.05) is 18.2 Å².